The Kier molecular flexibility index (Phi) is 5.46. The normalized spacial score (nSPS) is 18.6. The van der Waals surface area contributed by atoms with Gasteiger partial charge in [-0.05, 0) is 55.5 Å². The molecule has 0 aliphatic carbocycles. The summed E-state index contributed by atoms with van der Waals surface area (Å²) in [5, 5.41) is 17.4. The molecule has 7 heteroatoms. The smallest absolute Gasteiger partial charge is 0.214 e. The number of hydrogen-bond acceptors (Lipinski definition) is 7. The van der Waals surface area contributed by atoms with E-state index in [0.717, 1.165) is 22.6 Å². The van der Waals surface area contributed by atoms with Gasteiger partial charge in [0.25, 0.3) is 0 Å². The van der Waals surface area contributed by atoms with Gasteiger partial charge in [0.05, 0.1) is 32.6 Å². The van der Waals surface area contributed by atoms with Crippen molar-refractivity contribution in [3.8, 4) is 28.7 Å². The Bertz CT molecular complexity index is 1190. The molecular formula is C26H26N2O5. The molecule has 33 heavy (non-hydrogen) atoms. The predicted octanol–water partition coefficient (Wildman–Crippen LogP) is 5.05. The molecule has 0 aromatic heterocycles. The zero-order valence-electron chi connectivity index (χ0n) is 18.8. The summed E-state index contributed by atoms with van der Waals surface area (Å²) in [5.74, 6) is 3.03. The molecule has 0 spiro atoms. The number of aromatic hydroxyl groups is 1. The van der Waals surface area contributed by atoms with Crippen LogP contribution in [0.25, 0.3) is 0 Å². The summed E-state index contributed by atoms with van der Waals surface area (Å²) in [5.41, 5.74) is 3.36. The van der Waals surface area contributed by atoms with Crippen molar-refractivity contribution in [2.24, 2.45) is 5.10 Å². The van der Waals surface area contributed by atoms with Crippen molar-refractivity contribution in [2.75, 3.05) is 20.8 Å². The Morgan fingerprint density at radius 3 is 2.55 bits per heavy atom. The number of ether oxygens (including phenoxy) is 4. The number of benzene rings is 3. The van der Waals surface area contributed by atoms with Crippen molar-refractivity contribution < 1.29 is 24.1 Å². The van der Waals surface area contributed by atoms with Crippen molar-refractivity contribution in [3.63, 3.8) is 0 Å². The van der Waals surface area contributed by atoms with E-state index in [4.69, 9.17) is 24.0 Å². The lowest BCUT2D eigenvalue weighted by Crippen LogP contribution is -2.33. The minimum atomic E-state index is -0.459. The molecule has 0 radical (unpaired) electrons. The molecule has 170 valence electrons. The molecule has 0 unspecified atom stereocenters. The number of phenolic OH excluding ortho intramolecular Hbond substituents is 1. The van der Waals surface area contributed by atoms with Crippen LogP contribution in [0.3, 0.4) is 0 Å². The maximum atomic E-state index is 10.5. The zero-order chi connectivity index (χ0) is 22.9. The lowest BCUT2D eigenvalue weighted by molar-refractivity contribution is -0.0209. The molecule has 2 aliphatic rings. The van der Waals surface area contributed by atoms with Crippen molar-refractivity contribution in [3.05, 3.63) is 77.4 Å². The summed E-state index contributed by atoms with van der Waals surface area (Å²) in [7, 11) is 3.25. The van der Waals surface area contributed by atoms with Crippen LogP contribution in [-0.2, 0) is 0 Å². The number of nitrogens with zero attached hydrogens (tertiary/aromatic N) is 2. The Morgan fingerprint density at radius 2 is 1.82 bits per heavy atom. The summed E-state index contributed by atoms with van der Waals surface area (Å²) in [6, 6.07) is 18.8. The van der Waals surface area contributed by atoms with Gasteiger partial charge in [-0.15, -0.1) is 0 Å². The summed E-state index contributed by atoms with van der Waals surface area (Å²) in [4.78, 5) is 0. The number of rotatable bonds is 6. The van der Waals surface area contributed by atoms with Gasteiger partial charge in [-0.1, -0.05) is 12.1 Å². The van der Waals surface area contributed by atoms with Crippen LogP contribution in [0.2, 0.25) is 0 Å². The Balaban J connectivity index is 1.59. The number of hydrazone groups is 1. The molecule has 1 N–H and O–H groups in total. The van der Waals surface area contributed by atoms with Gasteiger partial charge in [0.1, 0.15) is 17.2 Å². The summed E-state index contributed by atoms with van der Waals surface area (Å²) >= 11 is 0. The highest BCUT2D eigenvalue weighted by atomic mass is 16.5. The van der Waals surface area contributed by atoms with Crippen LogP contribution in [0.1, 0.15) is 42.3 Å². The van der Waals surface area contributed by atoms with Gasteiger partial charge >= 0.3 is 0 Å². The van der Waals surface area contributed by atoms with Crippen LogP contribution in [0.4, 0.5) is 0 Å². The first-order valence-electron chi connectivity index (χ1n) is 10.9. The highest BCUT2D eigenvalue weighted by Gasteiger charge is 2.42. The minimum Gasteiger partial charge on any atom is -0.507 e. The lowest BCUT2D eigenvalue weighted by Gasteiger charge is -2.38. The minimum absolute atomic E-state index is 0.0685. The average Bonchev–Trinajstić information content (AvgIpc) is 3.30. The van der Waals surface area contributed by atoms with Gasteiger partial charge in [0, 0.05) is 23.1 Å². The van der Waals surface area contributed by atoms with Gasteiger partial charge in [-0.25, -0.2) is 5.01 Å². The van der Waals surface area contributed by atoms with Crippen LogP contribution < -0.4 is 18.9 Å². The molecule has 0 saturated heterocycles. The van der Waals surface area contributed by atoms with E-state index in [0.29, 0.717) is 35.8 Å². The van der Waals surface area contributed by atoms with E-state index in [1.807, 2.05) is 60.5 Å². The van der Waals surface area contributed by atoms with E-state index < -0.39 is 6.23 Å². The third-order valence-electron chi connectivity index (χ3n) is 5.99. The summed E-state index contributed by atoms with van der Waals surface area (Å²) in [6.07, 6.45) is 0.150. The van der Waals surface area contributed by atoms with Crippen molar-refractivity contribution in [2.45, 2.75) is 25.6 Å². The first kappa shape index (κ1) is 21.0. The largest absolute Gasteiger partial charge is 0.507 e. The molecule has 0 fully saturated rings. The summed E-state index contributed by atoms with van der Waals surface area (Å²) in [6.45, 7) is 2.57. The highest BCUT2D eigenvalue weighted by Crippen LogP contribution is 2.51. The molecule has 2 aliphatic heterocycles. The number of phenols is 1. The van der Waals surface area contributed by atoms with Crippen LogP contribution in [-0.4, -0.2) is 36.7 Å². The van der Waals surface area contributed by atoms with E-state index >= 15 is 0 Å². The quantitative estimate of drug-likeness (QED) is 0.571. The number of methoxy groups -OCH3 is 2. The SMILES string of the molecule is CCOc1ccc([C@H]2Oc3c(OC)cccc3[C@H]3CC(c4cc(OC)ccc4O)=NN32)cc1. The number of para-hydroxylation sites is 1. The second-order valence-corrected chi connectivity index (χ2v) is 7.88. The maximum absolute atomic E-state index is 10.5. The monoisotopic (exact) mass is 446 g/mol. The molecule has 5 rings (SSSR count). The fourth-order valence-electron chi connectivity index (χ4n) is 4.40. The molecule has 2 heterocycles. The van der Waals surface area contributed by atoms with Gasteiger partial charge in [0.15, 0.2) is 11.5 Å². The van der Waals surface area contributed by atoms with Gasteiger partial charge < -0.3 is 24.1 Å². The molecular weight excluding hydrogens is 420 g/mol. The third kappa shape index (κ3) is 3.69. The van der Waals surface area contributed by atoms with Gasteiger partial charge in [0.2, 0.25) is 6.23 Å². The van der Waals surface area contributed by atoms with E-state index in [-0.39, 0.29) is 11.8 Å². The maximum Gasteiger partial charge on any atom is 0.214 e. The van der Waals surface area contributed by atoms with Crippen LogP contribution in [0.5, 0.6) is 28.7 Å². The summed E-state index contributed by atoms with van der Waals surface area (Å²) < 4.78 is 23.0. The third-order valence-corrected chi connectivity index (χ3v) is 5.99. The van der Waals surface area contributed by atoms with Gasteiger partial charge in [-0.3, -0.25) is 0 Å². The van der Waals surface area contributed by atoms with Crippen LogP contribution in [0, 0.1) is 0 Å². The molecule has 2 atom stereocenters. The zero-order valence-corrected chi connectivity index (χ0v) is 18.8. The molecule has 0 amide bonds. The fraction of sp³-hybridized carbons (Fsp3) is 0.269. The lowest BCUT2D eigenvalue weighted by atomic mass is 9.95. The Labute approximate surface area is 192 Å². The second kappa shape index (κ2) is 8.58. The average molecular weight is 447 g/mol. The van der Waals surface area contributed by atoms with Crippen molar-refractivity contribution in [1.29, 1.82) is 0 Å². The molecule has 7 nitrogen and oxygen atoms in total. The first-order valence-corrected chi connectivity index (χ1v) is 10.9. The van der Waals surface area contributed by atoms with Crippen LogP contribution >= 0.6 is 0 Å². The van der Waals surface area contributed by atoms with Crippen molar-refractivity contribution in [1.82, 2.24) is 5.01 Å². The predicted molar refractivity (Wildman–Crippen MR) is 124 cm³/mol. The van der Waals surface area contributed by atoms with E-state index in [9.17, 15) is 5.11 Å². The molecule has 3 aromatic carbocycles. The Hall–Kier alpha value is -3.87. The van der Waals surface area contributed by atoms with Gasteiger partial charge in [-0.2, -0.15) is 5.10 Å². The Morgan fingerprint density at radius 1 is 1.03 bits per heavy atom. The fourth-order valence-corrected chi connectivity index (χ4v) is 4.40. The second-order valence-electron chi connectivity index (χ2n) is 7.88. The van der Waals surface area contributed by atoms with Crippen molar-refractivity contribution >= 4 is 5.71 Å². The molecule has 0 bridgehead atoms. The number of fused-ring (bicyclic) bond motifs is 3. The standard InChI is InChI=1S/C26H26N2O5/c1-4-32-17-10-8-16(9-11-17)26-28-22(19-6-5-7-24(31-3)25(19)33-26)15-21(27-28)20-14-18(30-2)12-13-23(20)29/h5-14,22,26,29H,4,15H2,1-3H3/t22-,26-/m1/s1. The first-order chi connectivity index (χ1) is 16.1. The topological polar surface area (TPSA) is 72.8 Å². The van der Waals surface area contributed by atoms with Crippen LogP contribution in [0.15, 0.2) is 65.8 Å². The number of hydrogen-bond donors (Lipinski definition) is 1. The van der Waals surface area contributed by atoms with E-state index in [2.05, 4.69) is 0 Å². The molecule has 0 saturated carbocycles. The highest BCUT2D eigenvalue weighted by molar-refractivity contribution is 6.04. The van der Waals surface area contributed by atoms with E-state index in [1.165, 1.54) is 0 Å². The van der Waals surface area contributed by atoms with E-state index in [1.54, 1.807) is 26.4 Å². The molecule has 3 aromatic rings.